The highest BCUT2D eigenvalue weighted by Gasteiger charge is 2.11. The van der Waals surface area contributed by atoms with Crippen LogP contribution in [0.1, 0.15) is 34.0 Å². The van der Waals surface area contributed by atoms with Crippen molar-refractivity contribution in [2.45, 2.75) is 26.8 Å². The van der Waals surface area contributed by atoms with Gasteiger partial charge in [-0.25, -0.2) is 4.98 Å². The molecule has 2 aromatic heterocycles. The summed E-state index contributed by atoms with van der Waals surface area (Å²) in [5, 5.41) is 12.2. The normalized spacial score (nSPS) is 11.9. The van der Waals surface area contributed by atoms with E-state index in [1.54, 1.807) is 12.3 Å². The summed E-state index contributed by atoms with van der Waals surface area (Å²) in [4.78, 5) is 6.62. The quantitative estimate of drug-likeness (QED) is 0.909. The minimum atomic E-state index is 0.226. The molecule has 0 aromatic carbocycles. The molecule has 18 heavy (non-hydrogen) atoms. The van der Waals surface area contributed by atoms with Gasteiger partial charge in [0.2, 0.25) is 0 Å². The Morgan fingerprint density at radius 2 is 2.17 bits per heavy atom. The van der Waals surface area contributed by atoms with Gasteiger partial charge in [0, 0.05) is 27.7 Å². The zero-order chi connectivity index (χ0) is 13.1. The summed E-state index contributed by atoms with van der Waals surface area (Å²) < 4.78 is 0. The molecule has 2 heterocycles. The van der Waals surface area contributed by atoms with Crippen molar-refractivity contribution in [3.63, 3.8) is 0 Å². The lowest BCUT2D eigenvalue weighted by Crippen LogP contribution is -2.07. The van der Waals surface area contributed by atoms with Crippen LogP contribution in [0.3, 0.4) is 0 Å². The fourth-order valence-corrected chi connectivity index (χ4v) is 3.01. The van der Waals surface area contributed by atoms with Crippen molar-refractivity contribution in [3.8, 4) is 6.07 Å². The highest BCUT2D eigenvalue weighted by Crippen LogP contribution is 2.28. The summed E-state index contributed by atoms with van der Waals surface area (Å²) in [6, 6.07) is 8.13. The average Bonchev–Trinajstić information content (AvgIpc) is 2.69. The van der Waals surface area contributed by atoms with E-state index in [0.717, 1.165) is 5.69 Å². The SMILES string of the molecule is Cc1cc(C(C)Nc2ccnc(C#N)c2)c(C)s1. The number of aryl methyl sites for hydroxylation is 2. The Morgan fingerprint density at radius 1 is 1.39 bits per heavy atom. The molecule has 3 nitrogen and oxygen atoms in total. The van der Waals surface area contributed by atoms with E-state index in [9.17, 15) is 0 Å². The van der Waals surface area contributed by atoms with Crippen LogP contribution >= 0.6 is 11.3 Å². The summed E-state index contributed by atoms with van der Waals surface area (Å²) in [5.41, 5.74) is 2.68. The van der Waals surface area contributed by atoms with E-state index >= 15 is 0 Å². The number of nitriles is 1. The van der Waals surface area contributed by atoms with E-state index in [2.05, 4.69) is 37.1 Å². The number of hydrogen-bond donors (Lipinski definition) is 1. The van der Waals surface area contributed by atoms with Crippen molar-refractivity contribution in [2.24, 2.45) is 0 Å². The van der Waals surface area contributed by atoms with Crippen molar-refractivity contribution in [1.82, 2.24) is 4.98 Å². The first kappa shape index (κ1) is 12.6. The molecule has 0 bridgehead atoms. The second-order valence-electron chi connectivity index (χ2n) is 4.28. The number of thiophene rings is 1. The van der Waals surface area contributed by atoms with Crippen LogP contribution in [0.15, 0.2) is 24.4 Å². The van der Waals surface area contributed by atoms with E-state index in [-0.39, 0.29) is 6.04 Å². The molecule has 1 unspecified atom stereocenters. The molecule has 0 radical (unpaired) electrons. The van der Waals surface area contributed by atoms with Crippen molar-refractivity contribution < 1.29 is 0 Å². The Labute approximate surface area is 111 Å². The first-order valence-corrected chi connectivity index (χ1v) is 6.61. The maximum Gasteiger partial charge on any atom is 0.142 e. The van der Waals surface area contributed by atoms with Gasteiger partial charge in [-0.3, -0.25) is 0 Å². The van der Waals surface area contributed by atoms with Crippen LogP contribution in [-0.2, 0) is 0 Å². The van der Waals surface area contributed by atoms with Gasteiger partial charge in [-0.15, -0.1) is 11.3 Å². The average molecular weight is 257 g/mol. The first-order chi connectivity index (χ1) is 8.60. The van der Waals surface area contributed by atoms with Gasteiger partial charge in [0.15, 0.2) is 0 Å². The highest BCUT2D eigenvalue weighted by atomic mass is 32.1. The van der Waals surface area contributed by atoms with Crippen molar-refractivity contribution in [2.75, 3.05) is 5.32 Å². The fourth-order valence-electron chi connectivity index (χ4n) is 1.99. The van der Waals surface area contributed by atoms with Crippen LogP contribution in [0, 0.1) is 25.2 Å². The lowest BCUT2D eigenvalue weighted by molar-refractivity contribution is 0.880. The van der Waals surface area contributed by atoms with Crippen LogP contribution < -0.4 is 5.32 Å². The summed E-state index contributed by atoms with van der Waals surface area (Å²) in [6.07, 6.45) is 1.65. The standard InChI is InChI=1S/C14H15N3S/c1-9-6-14(11(3)18-9)10(2)17-12-4-5-16-13(7-12)8-15/h4-7,10H,1-3H3,(H,16,17). The van der Waals surface area contributed by atoms with E-state index in [4.69, 9.17) is 5.26 Å². The van der Waals surface area contributed by atoms with Gasteiger partial charge < -0.3 is 5.32 Å². The lowest BCUT2D eigenvalue weighted by Gasteiger charge is -2.15. The molecule has 1 N–H and O–H groups in total. The predicted molar refractivity (Wildman–Crippen MR) is 74.8 cm³/mol. The van der Waals surface area contributed by atoms with Crippen LogP contribution in [0.25, 0.3) is 0 Å². The van der Waals surface area contributed by atoms with E-state index in [1.807, 2.05) is 23.5 Å². The third-order valence-electron chi connectivity index (χ3n) is 2.80. The molecule has 0 spiro atoms. The molecule has 0 saturated carbocycles. The van der Waals surface area contributed by atoms with E-state index in [1.165, 1.54) is 15.3 Å². The second-order valence-corrected chi connectivity index (χ2v) is 5.74. The minimum absolute atomic E-state index is 0.226. The lowest BCUT2D eigenvalue weighted by atomic mass is 10.1. The van der Waals surface area contributed by atoms with Gasteiger partial charge in [-0.05, 0) is 44.5 Å². The number of rotatable bonds is 3. The van der Waals surface area contributed by atoms with Crippen molar-refractivity contribution in [1.29, 1.82) is 5.26 Å². The zero-order valence-corrected chi connectivity index (χ0v) is 11.5. The van der Waals surface area contributed by atoms with Crippen LogP contribution in [0.4, 0.5) is 5.69 Å². The van der Waals surface area contributed by atoms with Crippen molar-refractivity contribution in [3.05, 3.63) is 45.4 Å². The molecule has 4 heteroatoms. The van der Waals surface area contributed by atoms with Gasteiger partial charge in [0.25, 0.3) is 0 Å². The van der Waals surface area contributed by atoms with Crippen molar-refractivity contribution >= 4 is 17.0 Å². The smallest absolute Gasteiger partial charge is 0.142 e. The van der Waals surface area contributed by atoms with Gasteiger partial charge in [0.1, 0.15) is 11.8 Å². The molecule has 0 aliphatic heterocycles. The number of anilines is 1. The first-order valence-electron chi connectivity index (χ1n) is 5.80. The topological polar surface area (TPSA) is 48.7 Å². The monoisotopic (exact) mass is 257 g/mol. The minimum Gasteiger partial charge on any atom is -0.378 e. The van der Waals surface area contributed by atoms with E-state index < -0.39 is 0 Å². The summed E-state index contributed by atoms with van der Waals surface area (Å²) in [5.74, 6) is 0. The third-order valence-corrected chi connectivity index (χ3v) is 3.79. The summed E-state index contributed by atoms with van der Waals surface area (Å²) in [7, 11) is 0. The van der Waals surface area contributed by atoms with Crippen LogP contribution in [0.5, 0.6) is 0 Å². The Balaban J connectivity index is 2.18. The molecular weight excluding hydrogens is 242 g/mol. The van der Waals surface area contributed by atoms with Gasteiger partial charge in [-0.1, -0.05) is 0 Å². The molecule has 0 aliphatic rings. The fraction of sp³-hybridized carbons (Fsp3) is 0.286. The second kappa shape index (κ2) is 5.19. The van der Waals surface area contributed by atoms with E-state index in [0.29, 0.717) is 5.69 Å². The van der Waals surface area contributed by atoms with Gasteiger partial charge in [0.05, 0.1) is 0 Å². The third kappa shape index (κ3) is 2.69. The Hall–Kier alpha value is -1.86. The number of pyridine rings is 1. The maximum atomic E-state index is 8.82. The number of nitrogens with one attached hydrogen (secondary N) is 1. The molecule has 0 aliphatic carbocycles. The van der Waals surface area contributed by atoms with Crippen LogP contribution in [-0.4, -0.2) is 4.98 Å². The molecule has 0 fully saturated rings. The van der Waals surface area contributed by atoms with Crippen LogP contribution in [0.2, 0.25) is 0 Å². The molecule has 0 saturated heterocycles. The summed E-state index contributed by atoms with van der Waals surface area (Å²) in [6.45, 7) is 6.38. The molecule has 92 valence electrons. The largest absolute Gasteiger partial charge is 0.378 e. The molecule has 2 rings (SSSR count). The summed E-state index contributed by atoms with van der Waals surface area (Å²) >= 11 is 1.81. The van der Waals surface area contributed by atoms with Gasteiger partial charge >= 0.3 is 0 Å². The zero-order valence-electron chi connectivity index (χ0n) is 10.7. The molecule has 2 aromatic rings. The Kier molecular flexibility index (Phi) is 3.63. The molecule has 0 amide bonds. The van der Waals surface area contributed by atoms with Gasteiger partial charge in [-0.2, -0.15) is 5.26 Å². The maximum absolute atomic E-state index is 8.82. The Bertz CT molecular complexity index is 595. The molecule has 1 atom stereocenters. The predicted octanol–water partition coefficient (Wildman–Crippen LogP) is 3.80. The number of aromatic nitrogens is 1. The highest BCUT2D eigenvalue weighted by molar-refractivity contribution is 7.12. The Morgan fingerprint density at radius 3 is 2.78 bits per heavy atom. The molecular formula is C14H15N3S. The number of nitrogens with zero attached hydrogens (tertiary/aromatic N) is 2. The number of hydrogen-bond acceptors (Lipinski definition) is 4.